The molecule has 70 valence electrons. The Morgan fingerprint density at radius 1 is 1.69 bits per heavy atom. The first-order valence-corrected chi connectivity index (χ1v) is 4.76. The van der Waals surface area contributed by atoms with Crippen LogP contribution in [-0.2, 0) is 4.79 Å². The molecule has 1 rings (SSSR count). The van der Waals surface area contributed by atoms with E-state index < -0.39 is 5.97 Å². The predicted molar refractivity (Wildman–Crippen MR) is 54.6 cm³/mol. The van der Waals surface area contributed by atoms with Gasteiger partial charge in [0.05, 0.1) is 9.34 Å². The zero-order valence-electron chi connectivity index (χ0n) is 6.66. The van der Waals surface area contributed by atoms with Crippen LogP contribution >= 0.6 is 22.9 Å². The molecule has 3 nitrogen and oxygen atoms in total. The van der Waals surface area contributed by atoms with Gasteiger partial charge < -0.3 is 10.4 Å². The van der Waals surface area contributed by atoms with Gasteiger partial charge in [-0.05, 0) is 12.1 Å². The number of carboxylic acids is 1. The number of rotatable bonds is 4. The van der Waals surface area contributed by atoms with Crippen molar-refractivity contribution in [2.75, 3.05) is 11.9 Å². The molecule has 1 aromatic heterocycles. The summed E-state index contributed by atoms with van der Waals surface area (Å²) in [6.07, 6.45) is 2.64. The van der Waals surface area contributed by atoms with Crippen molar-refractivity contribution >= 4 is 33.9 Å². The van der Waals surface area contributed by atoms with Crippen LogP contribution in [0.25, 0.3) is 0 Å². The molecule has 0 fully saturated rings. The number of nitrogens with one attached hydrogen (secondary N) is 1. The summed E-state index contributed by atoms with van der Waals surface area (Å²) in [5.41, 5.74) is 0. The Hall–Kier alpha value is -1.000. The van der Waals surface area contributed by atoms with Crippen LogP contribution in [0.1, 0.15) is 0 Å². The molecule has 1 aromatic rings. The number of hydrogen-bond donors (Lipinski definition) is 2. The van der Waals surface area contributed by atoms with Gasteiger partial charge in [-0.1, -0.05) is 17.7 Å². The van der Waals surface area contributed by atoms with Gasteiger partial charge in [-0.3, -0.25) is 0 Å². The Morgan fingerprint density at radius 3 is 3.00 bits per heavy atom. The number of halogens is 1. The van der Waals surface area contributed by atoms with Crippen LogP contribution in [0, 0.1) is 0 Å². The average molecular weight is 218 g/mol. The topological polar surface area (TPSA) is 49.3 Å². The highest BCUT2D eigenvalue weighted by Gasteiger charge is 1.94. The minimum Gasteiger partial charge on any atom is -0.478 e. The van der Waals surface area contributed by atoms with Gasteiger partial charge >= 0.3 is 5.97 Å². The number of carbonyl (C=O) groups is 1. The van der Waals surface area contributed by atoms with Crippen LogP contribution in [0.15, 0.2) is 24.3 Å². The highest BCUT2D eigenvalue weighted by molar-refractivity contribution is 7.19. The highest BCUT2D eigenvalue weighted by Crippen LogP contribution is 2.25. The molecule has 5 heteroatoms. The number of aliphatic carboxylic acids is 1. The van der Waals surface area contributed by atoms with Gasteiger partial charge in [0.1, 0.15) is 0 Å². The van der Waals surface area contributed by atoms with E-state index in [1.807, 2.05) is 6.07 Å². The van der Waals surface area contributed by atoms with Crippen LogP contribution in [0.3, 0.4) is 0 Å². The molecule has 0 radical (unpaired) electrons. The first kappa shape index (κ1) is 10.1. The van der Waals surface area contributed by atoms with E-state index in [9.17, 15) is 4.79 Å². The quantitative estimate of drug-likeness (QED) is 0.762. The smallest absolute Gasteiger partial charge is 0.328 e. The number of anilines is 1. The van der Waals surface area contributed by atoms with Gasteiger partial charge in [0.15, 0.2) is 0 Å². The fraction of sp³-hybridized carbons (Fsp3) is 0.125. The van der Waals surface area contributed by atoms with E-state index in [4.69, 9.17) is 16.7 Å². The Morgan fingerprint density at radius 2 is 2.46 bits per heavy atom. The molecule has 0 aliphatic rings. The lowest BCUT2D eigenvalue weighted by Crippen LogP contribution is -1.97. The maximum Gasteiger partial charge on any atom is 0.328 e. The molecule has 0 unspecified atom stereocenters. The van der Waals surface area contributed by atoms with Crippen molar-refractivity contribution in [3.05, 3.63) is 28.6 Å². The molecule has 1 heterocycles. The lowest BCUT2D eigenvalue weighted by molar-refractivity contribution is -0.131. The molecule has 13 heavy (non-hydrogen) atoms. The summed E-state index contributed by atoms with van der Waals surface area (Å²) in [5.74, 6) is -0.939. The molecular weight excluding hydrogens is 210 g/mol. The second-order valence-corrected chi connectivity index (χ2v) is 3.94. The third kappa shape index (κ3) is 3.96. The van der Waals surface area contributed by atoms with Crippen molar-refractivity contribution in [2.24, 2.45) is 0 Å². The molecule has 0 atom stereocenters. The molecular formula is C8H8ClNO2S. The van der Waals surface area contributed by atoms with E-state index in [1.165, 1.54) is 17.4 Å². The standard InChI is InChI=1S/C8H8ClNO2S/c9-6-3-4-7(13-6)10-5-1-2-8(11)12/h1-4,10H,5H2,(H,11,12)/b2-1+. The second kappa shape index (κ2) is 4.89. The molecule has 0 saturated heterocycles. The lowest BCUT2D eigenvalue weighted by atomic mass is 10.5. The summed E-state index contributed by atoms with van der Waals surface area (Å²) in [4.78, 5) is 10.1. The van der Waals surface area contributed by atoms with Crippen molar-refractivity contribution in [2.45, 2.75) is 0 Å². The van der Waals surface area contributed by atoms with Crippen LogP contribution < -0.4 is 5.32 Å². The Balaban J connectivity index is 2.31. The summed E-state index contributed by atoms with van der Waals surface area (Å²) >= 11 is 7.11. The minimum atomic E-state index is -0.939. The summed E-state index contributed by atoms with van der Waals surface area (Å²) < 4.78 is 0.713. The number of thiophene rings is 1. The zero-order chi connectivity index (χ0) is 9.68. The molecule has 0 bridgehead atoms. The lowest BCUT2D eigenvalue weighted by Gasteiger charge is -1.95. The summed E-state index contributed by atoms with van der Waals surface area (Å²) in [6.45, 7) is 0.489. The van der Waals surface area contributed by atoms with Crippen LogP contribution in [-0.4, -0.2) is 17.6 Å². The zero-order valence-corrected chi connectivity index (χ0v) is 8.23. The molecule has 2 N–H and O–H groups in total. The van der Waals surface area contributed by atoms with Crippen molar-refractivity contribution in [1.82, 2.24) is 0 Å². The largest absolute Gasteiger partial charge is 0.478 e. The number of carboxylic acid groups (broad SMARTS) is 1. The molecule has 0 saturated carbocycles. The molecule has 0 spiro atoms. The Labute approximate surface area is 84.7 Å². The number of hydrogen-bond acceptors (Lipinski definition) is 3. The van der Waals surface area contributed by atoms with Crippen LogP contribution in [0.2, 0.25) is 4.34 Å². The maximum absolute atomic E-state index is 10.1. The van der Waals surface area contributed by atoms with E-state index in [0.29, 0.717) is 10.9 Å². The van der Waals surface area contributed by atoms with Gasteiger partial charge in [0, 0.05) is 12.6 Å². The van der Waals surface area contributed by atoms with Gasteiger partial charge in [-0.15, -0.1) is 11.3 Å². The van der Waals surface area contributed by atoms with Crippen molar-refractivity contribution in [3.63, 3.8) is 0 Å². The predicted octanol–water partition coefficient (Wildman–Crippen LogP) is 2.45. The van der Waals surface area contributed by atoms with Crippen molar-refractivity contribution in [1.29, 1.82) is 0 Å². The van der Waals surface area contributed by atoms with Crippen molar-refractivity contribution < 1.29 is 9.90 Å². The monoisotopic (exact) mass is 217 g/mol. The molecule has 0 aliphatic carbocycles. The van der Waals surface area contributed by atoms with E-state index in [1.54, 1.807) is 6.07 Å². The average Bonchev–Trinajstić information content (AvgIpc) is 2.45. The van der Waals surface area contributed by atoms with Gasteiger partial charge in [0.2, 0.25) is 0 Å². The summed E-state index contributed by atoms with van der Waals surface area (Å²) in [5, 5.41) is 12.2. The first-order chi connectivity index (χ1) is 6.18. The minimum absolute atomic E-state index is 0.489. The molecule has 0 amide bonds. The normalized spacial score (nSPS) is 10.5. The Kier molecular flexibility index (Phi) is 3.79. The second-order valence-electron chi connectivity index (χ2n) is 2.23. The fourth-order valence-corrected chi connectivity index (χ4v) is 1.68. The summed E-state index contributed by atoms with van der Waals surface area (Å²) in [7, 11) is 0. The van der Waals surface area contributed by atoms with Gasteiger partial charge in [-0.2, -0.15) is 0 Å². The Bertz CT molecular complexity index is 322. The summed E-state index contributed by atoms with van der Waals surface area (Å²) in [6, 6.07) is 3.64. The van der Waals surface area contributed by atoms with E-state index >= 15 is 0 Å². The van der Waals surface area contributed by atoms with Gasteiger partial charge in [0.25, 0.3) is 0 Å². The fourth-order valence-electron chi connectivity index (χ4n) is 0.729. The van der Waals surface area contributed by atoms with E-state index in [2.05, 4.69) is 5.32 Å². The maximum atomic E-state index is 10.1. The van der Waals surface area contributed by atoms with E-state index in [-0.39, 0.29) is 0 Å². The van der Waals surface area contributed by atoms with Crippen molar-refractivity contribution in [3.8, 4) is 0 Å². The molecule has 0 aliphatic heterocycles. The highest BCUT2D eigenvalue weighted by atomic mass is 35.5. The van der Waals surface area contributed by atoms with Gasteiger partial charge in [-0.25, -0.2) is 4.79 Å². The third-order valence-corrected chi connectivity index (χ3v) is 2.42. The first-order valence-electron chi connectivity index (χ1n) is 3.57. The SMILES string of the molecule is O=C(O)/C=C/CNc1ccc(Cl)s1. The molecule has 0 aromatic carbocycles. The van der Waals surface area contributed by atoms with Crippen LogP contribution in [0.5, 0.6) is 0 Å². The van der Waals surface area contributed by atoms with E-state index in [0.717, 1.165) is 11.1 Å². The van der Waals surface area contributed by atoms with Crippen LogP contribution in [0.4, 0.5) is 5.00 Å². The third-order valence-electron chi connectivity index (χ3n) is 1.23.